The van der Waals surface area contributed by atoms with E-state index in [-0.39, 0.29) is 17.3 Å². The van der Waals surface area contributed by atoms with Crippen molar-refractivity contribution >= 4 is 11.8 Å². The number of likely N-dealkylation sites (tertiary alicyclic amines) is 1. The zero-order chi connectivity index (χ0) is 25.9. The highest BCUT2D eigenvalue weighted by Crippen LogP contribution is 2.44. The number of alkyl halides is 3. The molecule has 1 unspecified atom stereocenters. The molecule has 1 fully saturated rings. The summed E-state index contributed by atoms with van der Waals surface area (Å²) in [5.41, 5.74) is 6.99. The third kappa shape index (κ3) is 4.31. The number of pyridine rings is 1. The summed E-state index contributed by atoms with van der Waals surface area (Å²) in [5, 5.41) is 15.7. The maximum atomic E-state index is 13.1. The predicted molar refractivity (Wildman–Crippen MR) is 122 cm³/mol. The molecule has 11 nitrogen and oxygen atoms in total. The van der Waals surface area contributed by atoms with Gasteiger partial charge in [0.1, 0.15) is 5.69 Å². The molecule has 2 aliphatic heterocycles. The summed E-state index contributed by atoms with van der Waals surface area (Å²) < 4.78 is 45.6. The van der Waals surface area contributed by atoms with Gasteiger partial charge in [-0.2, -0.15) is 5.10 Å². The zero-order valence-electron chi connectivity index (χ0n) is 20.0. The molecule has 3 aromatic rings. The number of nitrogen functional groups attached to an aromatic ring is 1. The smallest absolute Gasteiger partial charge is 0.402 e. The van der Waals surface area contributed by atoms with Gasteiger partial charge in [-0.1, -0.05) is 5.21 Å². The topological polar surface area (TPSA) is 129 Å². The lowest BCUT2D eigenvalue weighted by Gasteiger charge is -2.28. The van der Waals surface area contributed by atoms with Gasteiger partial charge >= 0.3 is 12.4 Å². The van der Waals surface area contributed by atoms with Crippen molar-refractivity contribution in [2.75, 3.05) is 18.8 Å². The number of anilines is 1. The molecule has 1 atom stereocenters. The Bertz CT molecular complexity index is 1320. The number of aryl methyl sites for hydroxylation is 2. The van der Waals surface area contributed by atoms with Crippen LogP contribution in [0.3, 0.4) is 0 Å². The molecule has 1 spiro atoms. The molecule has 14 heteroatoms. The molecule has 0 bridgehead atoms. The number of aromatic nitrogens is 6. The number of hydrogen-bond donors (Lipinski definition) is 2. The molecule has 5 rings (SSSR count). The van der Waals surface area contributed by atoms with Gasteiger partial charge in [-0.3, -0.25) is 9.36 Å². The predicted octanol–water partition coefficient (Wildman–Crippen LogP) is 2.55. The molecule has 0 aromatic carbocycles. The van der Waals surface area contributed by atoms with E-state index in [4.69, 9.17) is 5.73 Å². The van der Waals surface area contributed by atoms with Gasteiger partial charge in [0.25, 0.3) is 0 Å². The highest BCUT2D eigenvalue weighted by atomic mass is 19.4. The molecule has 36 heavy (non-hydrogen) atoms. The highest BCUT2D eigenvalue weighted by Gasteiger charge is 2.47. The standard InChI is InChI=1S/C22H26F3N9O2/c1-20(2,16-11-32(3)31-29-16)28-19(35)33-6-4-21(12-33)5-7-34-17(21)9-14(30-34)13-8-15(18(26)27-10-13)36-22(23,24)25/h8-11H,4-7,12H2,1-3H3,(H2,26,27)(H,28,35). The fourth-order valence-electron chi connectivity index (χ4n) is 4.91. The number of urea groups is 1. The Morgan fingerprint density at radius 1 is 1.22 bits per heavy atom. The Morgan fingerprint density at radius 2 is 1.97 bits per heavy atom. The lowest BCUT2D eigenvalue weighted by molar-refractivity contribution is -0.274. The van der Waals surface area contributed by atoms with E-state index >= 15 is 0 Å². The number of halogens is 3. The minimum atomic E-state index is -4.88. The Balaban J connectivity index is 1.34. The molecule has 0 saturated carbocycles. The van der Waals surface area contributed by atoms with Crippen molar-refractivity contribution in [3.05, 3.63) is 35.9 Å². The number of carbonyl (C=O) groups excluding carboxylic acids is 1. The lowest BCUT2D eigenvalue weighted by atomic mass is 9.82. The summed E-state index contributed by atoms with van der Waals surface area (Å²) in [6, 6.07) is 2.84. The number of hydrogen-bond acceptors (Lipinski definition) is 7. The van der Waals surface area contributed by atoms with Crippen molar-refractivity contribution in [1.82, 2.24) is 40.0 Å². The van der Waals surface area contributed by atoms with E-state index in [9.17, 15) is 18.0 Å². The first-order valence-electron chi connectivity index (χ1n) is 11.4. The van der Waals surface area contributed by atoms with Crippen LogP contribution in [-0.4, -0.2) is 60.1 Å². The van der Waals surface area contributed by atoms with Crippen LogP contribution >= 0.6 is 0 Å². The maximum Gasteiger partial charge on any atom is 0.573 e. The average Bonchev–Trinajstić information content (AvgIpc) is 3.55. The summed E-state index contributed by atoms with van der Waals surface area (Å²) in [7, 11) is 1.76. The molecule has 0 aliphatic carbocycles. The number of carbonyl (C=O) groups is 1. The van der Waals surface area contributed by atoms with Crippen LogP contribution in [0.15, 0.2) is 24.5 Å². The van der Waals surface area contributed by atoms with Crippen molar-refractivity contribution in [1.29, 1.82) is 0 Å². The SMILES string of the molecule is Cn1cc(C(C)(C)NC(=O)N2CCC3(CCn4nc(-c5cnc(N)c(OC(F)(F)F)c5)cc43)C2)nn1. The minimum absolute atomic E-state index is 0.197. The summed E-state index contributed by atoms with van der Waals surface area (Å²) in [4.78, 5) is 18.7. The average molecular weight is 506 g/mol. The Labute approximate surface area is 204 Å². The van der Waals surface area contributed by atoms with E-state index in [1.165, 1.54) is 12.3 Å². The van der Waals surface area contributed by atoms with Crippen molar-refractivity contribution < 1.29 is 22.7 Å². The number of fused-ring (bicyclic) bond motifs is 2. The molecule has 1 saturated heterocycles. The summed E-state index contributed by atoms with van der Waals surface area (Å²) in [6.45, 7) is 5.45. The molecule has 5 heterocycles. The molecule has 3 N–H and O–H groups in total. The van der Waals surface area contributed by atoms with Crippen molar-refractivity contribution in [3.8, 4) is 17.0 Å². The van der Waals surface area contributed by atoms with Gasteiger partial charge < -0.3 is 20.7 Å². The normalized spacial score (nSPS) is 19.7. The van der Waals surface area contributed by atoms with E-state index < -0.39 is 17.7 Å². The van der Waals surface area contributed by atoms with Crippen LogP contribution in [0.4, 0.5) is 23.8 Å². The number of rotatable bonds is 4. The number of nitrogens with zero attached hydrogens (tertiary/aromatic N) is 7. The van der Waals surface area contributed by atoms with Gasteiger partial charge in [0.05, 0.1) is 17.4 Å². The van der Waals surface area contributed by atoms with E-state index in [0.717, 1.165) is 18.5 Å². The Hall–Kier alpha value is -3.84. The molecule has 3 aromatic heterocycles. The van der Waals surface area contributed by atoms with Crippen LogP contribution in [0.2, 0.25) is 0 Å². The molecule has 192 valence electrons. The van der Waals surface area contributed by atoms with Gasteiger partial charge in [-0.05, 0) is 38.8 Å². The van der Waals surface area contributed by atoms with Crippen molar-refractivity contribution in [2.45, 2.75) is 50.6 Å². The number of amides is 2. The van der Waals surface area contributed by atoms with Gasteiger partial charge in [0.2, 0.25) is 0 Å². The molecule has 2 amide bonds. The number of nitrogens with two attached hydrogens (primary N) is 1. The third-order valence-corrected chi connectivity index (χ3v) is 6.83. The summed E-state index contributed by atoms with van der Waals surface area (Å²) in [5.74, 6) is -0.932. The number of ether oxygens (including phenoxy) is 1. The Morgan fingerprint density at radius 3 is 2.67 bits per heavy atom. The van der Waals surface area contributed by atoms with Crippen LogP contribution in [0, 0.1) is 0 Å². The molecular weight excluding hydrogens is 479 g/mol. The molecule has 2 aliphatic rings. The fraction of sp³-hybridized carbons (Fsp3) is 0.500. The zero-order valence-corrected chi connectivity index (χ0v) is 20.0. The van der Waals surface area contributed by atoms with E-state index in [0.29, 0.717) is 36.6 Å². The second-order valence-corrected chi connectivity index (χ2v) is 9.83. The van der Waals surface area contributed by atoms with Gasteiger partial charge in [0, 0.05) is 49.6 Å². The molecule has 0 radical (unpaired) electrons. The first-order valence-corrected chi connectivity index (χ1v) is 11.4. The van der Waals surface area contributed by atoms with Crippen LogP contribution in [0.5, 0.6) is 5.75 Å². The van der Waals surface area contributed by atoms with Gasteiger partial charge in [0.15, 0.2) is 11.6 Å². The monoisotopic (exact) mass is 505 g/mol. The van der Waals surface area contributed by atoms with Crippen molar-refractivity contribution in [2.24, 2.45) is 7.05 Å². The van der Waals surface area contributed by atoms with Crippen LogP contribution in [-0.2, 0) is 24.5 Å². The van der Waals surface area contributed by atoms with E-state index in [1.807, 2.05) is 24.6 Å². The third-order valence-electron chi connectivity index (χ3n) is 6.83. The molecular formula is C22H26F3N9O2. The van der Waals surface area contributed by atoms with Crippen LogP contribution in [0.25, 0.3) is 11.3 Å². The van der Waals surface area contributed by atoms with Crippen LogP contribution < -0.4 is 15.8 Å². The Kier molecular flexibility index (Phi) is 5.37. The van der Waals surface area contributed by atoms with Gasteiger partial charge in [-0.15, -0.1) is 18.3 Å². The van der Waals surface area contributed by atoms with Crippen LogP contribution in [0.1, 0.15) is 38.1 Å². The lowest BCUT2D eigenvalue weighted by Crippen LogP contribution is -2.48. The first-order chi connectivity index (χ1) is 16.9. The van der Waals surface area contributed by atoms with E-state index in [1.54, 1.807) is 22.8 Å². The highest BCUT2D eigenvalue weighted by molar-refractivity contribution is 5.76. The van der Waals surface area contributed by atoms with E-state index in [2.05, 4.69) is 30.4 Å². The van der Waals surface area contributed by atoms with Crippen molar-refractivity contribution in [3.63, 3.8) is 0 Å². The maximum absolute atomic E-state index is 13.1. The van der Waals surface area contributed by atoms with Gasteiger partial charge in [-0.25, -0.2) is 9.78 Å². The fourth-order valence-corrected chi connectivity index (χ4v) is 4.91. The summed E-state index contributed by atoms with van der Waals surface area (Å²) >= 11 is 0. The second-order valence-electron chi connectivity index (χ2n) is 9.83. The summed E-state index contributed by atoms with van der Waals surface area (Å²) in [6.07, 6.45) is -0.189. The first kappa shape index (κ1) is 23.9. The quantitative estimate of drug-likeness (QED) is 0.558. The number of nitrogens with one attached hydrogen (secondary N) is 1. The largest absolute Gasteiger partial charge is 0.573 e. The second kappa shape index (κ2) is 8.10. The minimum Gasteiger partial charge on any atom is -0.402 e.